The van der Waals surface area contributed by atoms with Crippen molar-refractivity contribution in [3.05, 3.63) is 35.4 Å². The SMILES string of the molecule is COc1c(F)ccc(/C=C/C(=O)O)c1F. The number of carboxylic acid groups (broad SMARTS) is 1. The number of aliphatic carboxylic acids is 1. The standard InChI is InChI=1S/C10H8F2O3/c1-15-10-7(11)4-2-6(9(10)12)3-5-8(13)14/h2-5H,1H3,(H,13,14)/b5-3+. The molecule has 0 saturated carbocycles. The van der Waals surface area contributed by atoms with Crippen LogP contribution in [-0.2, 0) is 4.79 Å². The first-order chi connectivity index (χ1) is 7.06. The van der Waals surface area contributed by atoms with Crippen LogP contribution in [0.3, 0.4) is 0 Å². The summed E-state index contributed by atoms with van der Waals surface area (Å²) in [4.78, 5) is 10.2. The van der Waals surface area contributed by atoms with Gasteiger partial charge in [-0.15, -0.1) is 0 Å². The Kier molecular flexibility index (Phi) is 3.38. The van der Waals surface area contributed by atoms with Crippen LogP contribution in [-0.4, -0.2) is 18.2 Å². The van der Waals surface area contributed by atoms with E-state index >= 15 is 0 Å². The van der Waals surface area contributed by atoms with Gasteiger partial charge in [0, 0.05) is 11.6 Å². The van der Waals surface area contributed by atoms with Crippen LogP contribution in [0.5, 0.6) is 5.75 Å². The molecule has 1 aromatic rings. The zero-order chi connectivity index (χ0) is 11.4. The molecule has 80 valence electrons. The minimum atomic E-state index is -1.21. The fourth-order valence-electron chi connectivity index (χ4n) is 1.02. The molecule has 0 heterocycles. The molecule has 0 spiro atoms. The Labute approximate surface area is 84.6 Å². The maximum absolute atomic E-state index is 13.4. The minimum Gasteiger partial charge on any atom is -0.491 e. The van der Waals surface area contributed by atoms with E-state index in [-0.39, 0.29) is 5.56 Å². The van der Waals surface area contributed by atoms with Gasteiger partial charge in [0.15, 0.2) is 17.4 Å². The predicted octanol–water partition coefficient (Wildman–Crippen LogP) is 2.07. The molecule has 1 aromatic carbocycles. The van der Waals surface area contributed by atoms with Gasteiger partial charge in [0.2, 0.25) is 0 Å². The van der Waals surface area contributed by atoms with Crippen LogP contribution < -0.4 is 4.74 Å². The number of benzene rings is 1. The molecule has 0 radical (unpaired) electrons. The van der Waals surface area contributed by atoms with Crippen molar-refractivity contribution in [2.24, 2.45) is 0 Å². The second-order valence-electron chi connectivity index (χ2n) is 2.66. The van der Waals surface area contributed by atoms with E-state index < -0.39 is 23.4 Å². The first kappa shape index (κ1) is 11.2. The minimum absolute atomic E-state index is 0.0457. The van der Waals surface area contributed by atoms with Gasteiger partial charge < -0.3 is 9.84 Å². The number of carbonyl (C=O) groups is 1. The van der Waals surface area contributed by atoms with Gasteiger partial charge in [-0.2, -0.15) is 0 Å². The zero-order valence-electron chi connectivity index (χ0n) is 7.83. The van der Waals surface area contributed by atoms with Gasteiger partial charge in [-0.1, -0.05) is 0 Å². The predicted molar refractivity (Wildman–Crippen MR) is 49.6 cm³/mol. The summed E-state index contributed by atoms with van der Waals surface area (Å²) in [5.41, 5.74) is -0.0457. The molecule has 0 saturated heterocycles. The maximum atomic E-state index is 13.4. The highest BCUT2D eigenvalue weighted by atomic mass is 19.1. The van der Waals surface area contributed by atoms with Crippen molar-refractivity contribution in [3.8, 4) is 5.75 Å². The van der Waals surface area contributed by atoms with Gasteiger partial charge in [0.1, 0.15) is 0 Å². The highest BCUT2D eigenvalue weighted by molar-refractivity contribution is 5.85. The summed E-state index contributed by atoms with van der Waals surface area (Å²) >= 11 is 0. The van der Waals surface area contributed by atoms with E-state index in [1.807, 2.05) is 0 Å². The van der Waals surface area contributed by atoms with Crippen molar-refractivity contribution in [2.75, 3.05) is 7.11 Å². The van der Waals surface area contributed by atoms with Gasteiger partial charge in [-0.05, 0) is 18.2 Å². The fraction of sp³-hybridized carbons (Fsp3) is 0.100. The van der Waals surface area contributed by atoms with E-state index in [9.17, 15) is 13.6 Å². The zero-order valence-corrected chi connectivity index (χ0v) is 7.83. The van der Waals surface area contributed by atoms with Crippen LogP contribution >= 0.6 is 0 Å². The summed E-state index contributed by atoms with van der Waals surface area (Å²) in [6.45, 7) is 0. The highest BCUT2D eigenvalue weighted by Crippen LogP contribution is 2.24. The largest absolute Gasteiger partial charge is 0.491 e. The molecule has 15 heavy (non-hydrogen) atoms. The van der Waals surface area contributed by atoms with Crippen molar-refractivity contribution >= 4 is 12.0 Å². The Balaban J connectivity index is 3.16. The van der Waals surface area contributed by atoms with Gasteiger partial charge in [0.25, 0.3) is 0 Å². The normalized spacial score (nSPS) is 10.6. The van der Waals surface area contributed by atoms with E-state index in [0.29, 0.717) is 0 Å². The van der Waals surface area contributed by atoms with Gasteiger partial charge in [0.05, 0.1) is 7.11 Å². The summed E-state index contributed by atoms with van der Waals surface area (Å²) < 4.78 is 30.8. The number of halogens is 2. The summed E-state index contributed by atoms with van der Waals surface area (Å²) in [7, 11) is 1.13. The summed E-state index contributed by atoms with van der Waals surface area (Å²) in [6.07, 6.45) is 1.79. The van der Waals surface area contributed by atoms with Crippen LogP contribution in [0.15, 0.2) is 18.2 Å². The number of carboxylic acids is 1. The molecule has 0 aliphatic rings. The number of rotatable bonds is 3. The van der Waals surface area contributed by atoms with Crippen LogP contribution in [0.2, 0.25) is 0 Å². The van der Waals surface area contributed by atoms with Gasteiger partial charge in [-0.3, -0.25) is 0 Å². The van der Waals surface area contributed by atoms with E-state index in [0.717, 1.165) is 31.4 Å². The van der Waals surface area contributed by atoms with Crippen LogP contribution in [0.25, 0.3) is 6.08 Å². The quantitative estimate of drug-likeness (QED) is 0.783. The van der Waals surface area contributed by atoms with E-state index in [2.05, 4.69) is 4.74 Å². The van der Waals surface area contributed by atoms with Crippen LogP contribution in [0, 0.1) is 11.6 Å². The van der Waals surface area contributed by atoms with Crippen molar-refractivity contribution in [2.45, 2.75) is 0 Å². The monoisotopic (exact) mass is 214 g/mol. The third-order valence-electron chi connectivity index (χ3n) is 1.69. The number of methoxy groups -OCH3 is 1. The third kappa shape index (κ3) is 2.52. The molecule has 0 atom stereocenters. The average molecular weight is 214 g/mol. The molecular weight excluding hydrogens is 206 g/mol. The lowest BCUT2D eigenvalue weighted by atomic mass is 10.2. The summed E-state index contributed by atoms with van der Waals surface area (Å²) in [5.74, 6) is -3.49. The molecule has 0 fully saturated rings. The summed E-state index contributed by atoms with van der Waals surface area (Å²) in [5, 5.41) is 8.33. The first-order valence-corrected chi connectivity index (χ1v) is 3.99. The second-order valence-corrected chi connectivity index (χ2v) is 2.66. The topological polar surface area (TPSA) is 46.5 Å². The van der Waals surface area contributed by atoms with E-state index in [1.54, 1.807) is 0 Å². The molecule has 1 rings (SSSR count). The Morgan fingerprint density at radius 3 is 2.67 bits per heavy atom. The molecule has 0 aliphatic carbocycles. The number of hydrogen-bond acceptors (Lipinski definition) is 2. The molecule has 0 unspecified atom stereocenters. The number of hydrogen-bond donors (Lipinski definition) is 1. The van der Waals surface area contributed by atoms with E-state index in [4.69, 9.17) is 5.11 Å². The Morgan fingerprint density at radius 1 is 1.47 bits per heavy atom. The molecule has 1 N–H and O–H groups in total. The fourth-order valence-corrected chi connectivity index (χ4v) is 1.02. The van der Waals surface area contributed by atoms with Crippen LogP contribution in [0.1, 0.15) is 5.56 Å². The summed E-state index contributed by atoms with van der Waals surface area (Å²) in [6, 6.07) is 2.13. The second kappa shape index (κ2) is 4.54. The van der Waals surface area contributed by atoms with Crippen molar-refractivity contribution in [1.82, 2.24) is 0 Å². The van der Waals surface area contributed by atoms with Gasteiger partial charge >= 0.3 is 5.97 Å². The first-order valence-electron chi connectivity index (χ1n) is 3.99. The molecule has 0 aliphatic heterocycles. The molecule has 5 heteroatoms. The van der Waals surface area contributed by atoms with Crippen molar-refractivity contribution in [3.63, 3.8) is 0 Å². The Bertz CT molecular complexity index is 413. The Hall–Kier alpha value is -1.91. The highest BCUT2D eigenvalue weighted by Gasteiger charge is 2.12. The molecule has 0 bridgehead atoms. The lowest BCUT2D eigenvalue weighted by molar-refractivity contribution is -0.131. The van der Waals surface area contributed by atoms with Crippen molar-refractivity contribution < 1.29 is 23.4 Å². The third-order valence-corrected chi connectivity index (χ3v) is 1.69. The Morgan fingerprint density at radius 2 is 2.13 bits per heavy atom. The molecule has 0 amide bonds. The van der Waals surface area contributed by atoms with Crippen LogP contribution in [0.4, 0.5) is 8.78 Å². The average Bonchev–Trinajstić information content (AvgIpc) is 2.17. The maximum Gasteiger partial charge on any atom is 0.328 e. The van der Waals surface area contributed by atoms with Crippen molar-refractivity contribution in [1.29, 1.82) is 0 Å². The van der Waals surface area contributed by atoms with E-state index in [1.165, 1.54) is 0 Å². The molecular formula is C10H8F2O3. The molecule has 0 aromatic heterocycles. The lowest BCUT2D eigenvalue weighted by Crippen LogP contribution is -1.95. The smallest absolute Gasteiger partial charge is 0.328 e. The number of ether oxygens (including phenoxy) is 1. The molecule has 3 nitrogen and oxygen atoms in total. The lowest BCUT2D eigenvalue weighted by Gasteiger charge is -2.04. The van der Waals surface area contributed by atoms with Gasteiger partial charge in [-0.25, -0.2) is 13.6 Å².